The second-order valence-electron chi connectivity index (χ2n) is 7.27. The normalized spacial score (nSPS) is 14.9. The zero-order valence-electron chi connectivity index (χ0n) is 16.3. The third-order valence-corrected chi connectivity index (χ3v) is 5.54. The molecule has 1 amide bonds. The van der Waals surface area contributed by atoms with Gasteiger partial charge in [0.1, 0.15) is 11.6 Å². The third kappa shape index (κ3) is 3.65. The van der Waals surface area contributed by atoms with Gasteiger partial charge in [-0.25, -0.2) is 4.98 Å². The van der Waals surface area contributed by atoms with Crippen LogP contribution in [0.4, 0.5) is 0 Å². The average Bonchev–Trinajstić information content (AvgIpc) is 3.19. The van der Waals surface area contributed by atoms with Crippen molar-refractivity contribution in [3.63, 3.8) is 0 Å². The van der Waals surface area contributed by atoms with E-state index in [1.165, 1.54) is 0 Å². The minimum absolute atomic E-state index is 0.107. The zero-order valence-corrected chi connectivity index (χ0v) is 16.3. The van der Waals surface area contributed by atoms with Crippen LogP contribution in [0.25, 0.3) is 11.1 Å². The van der Waals surface area contributed by atoms with Gasteiger partial charge in [0, 0.05) is 44.0 Å². The Morgan fingerprint density at radius 2 is 1.82 bits per heavy atom. The van der Waals surface area contributed by atoms with Gasteiger partial charge in [-0.3, -0.25) is 4.79 Å². The van der Waals surface area contributed by atoms with E-state index in [0.717, 1.165) is 54.2 Å². The molecule has 0 radical (unpaired) electrons. The van der Waals surface area contributed by atoms with Crippen molar-refractivity contribution in [2.75, 3.05) is 20.2 Å². The van der Waals surface area contributed by atoms with Crippen LogP contribution in [0.2, 0.25) is 0 Å². The first-order valence-corrected chi connectivity index (χ1v) is 9.66. The molecule has 28 heavy (non-hydrogen) atoms. The smallest absolute Gasteiger partial charge is 0.253 e. The lowest BCUT2D eigenvalue weighted by molar-refractivity contribution is 0.0710. The summed E-state index contributed by atoms with van der Waals surface area (Å²) < 4.78 is 7.38. The fourth-order valence-corrected chi connectivity index (χ4v) is 3.90. The standard InChI is InChI=1S/C23H25N3O2/c1-25-15-12-24-22(25)18-10-13-26(14-11-18)23(27)19-8-6-17(7-9-19)20-4-3-5-21(16-20)28-2/h3-9,12,15-16,18H,10-11,13-14H2,1-2H3. The monoisotopic (exact) mass is 375 g/mol. The van der Waals surface area contributed by atoms with Gasteiger partial charge in [-0.2, -0.15) is 0 Å². The second-order valence-corrected chi connectivity index (χ2v) is 7.27. The van der Waals surface area contributed by atoms with E-state index in [2.05, 4.69) is 9.55 Å². The summed E-state index contributed by atoms with van der Waals surface area (Å²) in [6, 6.07) is 15.8. The van der Waals surface area contributed by atoms with E-state index >= 15 is 0 Å². The van der Waals surface area contributed by atoms with E-state index in [1.807, 2.05) is 72.9 Å². The van der Waals surface area contributed by atoms with E-state index in [0.29, 0.717) is 5.92 Å². The molecular formula is C23H25N3O2. The van der Waals surface area contributed by atoms with Crippen LogP contribution in [-0.2, 0) is 7.05 Å². The van der Waals surface area contributed by atoms with Gasteiger partial charge in [0.25, 0.3) is 5.91 Å². The summed E-state index contributed by atoms with van der Waals surface area (Å²) in [5.74, 6) is 2.48. The number of rotatable bonds is 4. The summed E-state index contributed by atoms with van der Waals surface area (Å²) >= 11 is 0. The molecule has 2 heterocycles. The number of methoxy groups -OCH3 is 1. The predicted octanol–water partition coefficient (Wildman–Crippen LogP) is 4.12. The Morgan fingerprint density at radius 3 is 2.46 bits per heavy atom. The van der Waals surface area contributed by atoms with Crippen molar-refractivity contribution in [2.45, 2.75) is 18.8 Å². The molecule has 0 atom stereocenters. The van der Waals surface area contributed by atoms with E-state index in [9.17, 15) is 4.79 Å². The Labute approximate surface area is 165 Å². The largest absolute Gasteiger partial charge is 0.497 e. The van der Waals surface area contributed by atoms with Gasteiger partial charge in [-0.15, -0.1) is 0 Å². The molecule has 0 spiro atoms. The SMILES string of the molecule is COc1cccc(-c2ccc(C(=O)N3CCC(c4nccn4C)CC3)cc2)c1. The number of aryl methyl sites for hydroxylation is 1. The number of carbonyl (C=O) groups is 1. The van der Waals surface area contributed by atoms with Gasteiger partial charge < -0.3 is 14.2 Å². The van der Waals surface area contributed by atoms with E-state index < -0.39 is 0 Å². The number of nitrogens with zero attached hydrogens (tertiary/aromatic N) is 3. The minimum atomic E-state index is 0.107. The predicted molar refractivity (Wildman–Crippen MR) is 110 cm³/mol. The summed E-state index contributed by atoms with van der Waals surface area (Å²) in [7, 11) is 3.70. The molecule has 0 aliphatic carbocycles. The highest BCUT2D eigenvalue weighted by Gasteiger charge is 2.26. The lowest BCUT2D eigenvalue weighted by Crippen LogP contribution is -2.38. The van der Waals surface area contributed by atoms with Crippen molar-refractivity contribution < 1.29 is 9.53 Å². The van der Waals surface area contributed by atoms with Gasteiger partial charge in [-0.1, -0.05) is 24.3 Å². The van der Waals surface area contributed by atoms with Gasteiger partial charge in [0.2, 0.25) is 0 Å². The van der Waals surface area contributed by atoms with Gasteiger partial charge >= 0.3 is 0 Å². The molecule has 1 aliphatic heterocycles. The molecule has 0 unspecified atom stereocenters. The summed E-state index contributed by atoms with van der Waals surface area (Å²) in [4.78, 5) is 19.3. The molecule has 5 heteroatoms. The molecular weight excluding hydrogens is 350 g/mol. The van der Waals surface area contributed by atoms with E-state index in [1.54, 1.807) is 7.11 Å². The number of likely N-dealkylation sites (tertiary alicyclic amines) is 1. The molecule has 2 aromatic carbocycles. The average molecular weight is 375 g/mol. The van der Waals surface area contributed by atoms with Crippen LogP contribution >= 0.6 is 0 Å². The van der Waals surface area contributed by atoms with Crippen molar-refractivity contribution >= 4 is 5.91 Å². The zero-order chi connectivity index (χ0) is 19.5. The Bertz CT molecular complexity index is 954. The number of imidazole rings is 1. The van der Waals surface area contributed by atoms with Gasteiger partial charge in [0.15, 0.2) is 0 Å². The first-order valence-electron chi connectivity index (χ1n) is 9.66. The van der Waals surface area contributed by atoms with Crippen molar-refractivity contribution in [2.24, 2.45) is 7.05 Å². The molecule has 1 saturated heterocycles. The number of aromatic nitrogens is 2. The maximum Gasteiger partial charge on any atom is 0.253 e. The van der Waals surface area contributed by atoms with E-state index in [4.69, 9.17) is 4.74 Å². The molecule has 1 aromatic heterocycles. The maximum absolute atomic E-state index is 12.9. The van der Waals surface area contributed by atoms with E-state index in [-0.39, 0.29) is 5.91 Å². The molecule has 1 fully saturated rings. The summed E-state index contributed by atoms with van der Waals surface area (Å²) in [6.45, 7) is 1.54. The summed E-state index contributed by atoms with van der Waals surface area (Å²) in [6.07, 6.45) is 5.74. The lowest BCUT2D eigenvalue weighted by Gasteiger charge is -2.31. The Hall–Kier alpha value is -3.08. The number of benzene rings is 2. The van der Waals surface area contributed by atoms with Crippen LogP contribution in [0, 0.1) is 0 Å². The highest BCUT2D eigenvalue weighted by molar-refractivity contribution is 5.94. The molecule has 0 saturated carbocycles. The fraction of sp³-hybridized carbons (Fsp3) is 0.304. The summed E-state index contributed by atoms with van der Waals surface area (Å²) in [5, 5.41) is 0. The van der Waals surface area contributed by atoms with Gasteiger partial charge in [-0.05, 0) is 48.2 Å². The van der Waals surface area contributed by atoms with Crippen LogP contribution < -0.4 is 4.74 Å². The summed E-state index contributed by atoms with van der Waals surface area (Å²) in [5.41, 5.74) is 2.89. The van der Waals surface area contributed by atoms with Crippen molar-refractivity contribution in [3.8, 4) is 16.9 Å². The molecule has 3 aromatic rings. The molecule has 144 valence electrons. The molecule has 0 N–H and O–H groups in total. The van der Waals surface area contributed by atoms with Crippen molar-refractivity contribution in [3.05, 3.63) is 72.3 Å². The Morgan fingerprint density at radius 1 is 1.07 bits per heavy atom. The number of hydrogen-bond acceptors (Lipinski definition) is 3. The molecule has 4 rings (SSSR count). The Balaban J connectivity index is 1.42. The fourth-order valence-electron chi connectivity index (χ4n) is 3.90. The highest BCUT2D eigenvalue weighted by Crippen LogP contribution is 2.28. The van der Waals surface area contributed by atoms with Gasteiger partial charge in [0.05, 0.1) is 7.11 Å². The second kappa shape index (κ2) is 7.89. The quantitative estimate of drug-likeness (QED) is 0.689. The first-order chi connectivity index (χ1) is 13.7. The van der Waals surface area contributed by atoms with Crippen LogP contribution in [-0.4, -0.2) is 40.6 Å². The first kappa shape index (κ1) is 18.3. The number of carbonyl (C=O) groups excluding carboxylic acids is 1. The minimum Gasteiger partial charge on any atom is -0.497 e. The number of hydrogen-bond donors (Lipinski definition) is 0. The number of amides is 1. The molecule has 5 nitrogen and oxygen atoms in total. The van der Waals surface area contributed by atoms with Crippen LogP contribution in [0.3, 0.4) is 0 Å². The number of ether oxygens (including phenoxy) is 1. The van der Waals surface area contributed by atoms with Crippen LogP contribution in [0.5, 0.6) is 5.75 Å². The molecule has 0 bridgehead atoms. The van der Waals surface area contributed by atoms with Crippen LogP contribution in [0.1, 0.15) is 34.9 Å². The highest BCUT2D eigenvalue weighted by atomic mass is 16.5. The number of piperidine rings is 1. The Kier molecular flexibility index (Phi) is 5.15. The van der Waals surface area contributed by atoms with Crippen LogP contribution in [0.15, 0.2) is 60.9 Å². The third-order valence-electron chi connectivity index (χ3n) is 5.54. The molecule has 1 aliphatic rings. The lowest BCUT2D eigenvalue weighted by atomic mass is 9.95. The van der Waals surface area contributed by atoms with Crippen molar-refractivity contribution in [1.29, 1.82) is 0 Å². The van der Waals surface area contributed by atoms with Crippen molar-refractivity contribution in [1.82, 2.24) is 14.5 Å². The maximum atomic E-state index is 12.9. The topological polar surface area (TPSA) is 47.4 Å².